The summed E-state index contributed by atoms with van der Waals surface area (Å²) in [6.07, 6.45) is 2.62. The van der Waals surface area contributed by atoms with Crippen LogP contribution in [0, 0.1) is 6.92 Å². The largest absolute Gasteiger partial charge is 0.337 e. The van der Waals surface area contributed by atoms with E-state index in [1.54, 1.807) is 6.33 Å². The lowest BCUT2D eigenvalue weighted by Gasteiger charge is -2.28. The third kappa shape index (κ3) is 3.37. The summed E-state index contributed by atoms with van der Waals surface area (Å²) < 4.78 is 1.94. The van der Waals surface area contributed by atoms with Crippen LogP contribution in [-0.4, -0.2) is 37.9 Å². The first-order valence-corrected chi connectivity index (χ1v) is 9.64. The Hall–Kier alpha value is -2.60. The first kappa shape index (κ1) is 16.8. The maximum atomic E-state index is 12.7. The van der Waals surface area contributed by atoms with Crippen molar-refractivity contribution in [3.63, 3.8) is 0 Å². The van der Waals surface area contributed by atoms with Crippen LogP contribution < -0.4 is 0 Å². The van der Waals surface area contributed by atoms with Crippen molar-refractivity contribution in [1.29, 1.82) is 0 Å². The van der Waals surface area contributed by atoms with Crippen molar-refractivity contribution < 1.29 is 4.79 Å². The van der Waals surface area contributed by atoms with Gasteiger partial charge in [0.05, 0.1) is 11.4 Å². The molecule has 26 heavy (non-hydrogen) atoms. The predicted molar refractivity (Wildman–Crippen MR) is 102 cm³/mol. The number of thioether (sulfide) groups is 1. The lowest BCUT2D eigenvalue weighted by atomic mass is 10.00. The van der Waals surface area contributed by atoms with Crippen LogP contribution in [0.25, 0.3) is 5.69 Å². The minimum absolute atomic E-state index is 0.142. The van der Waals surface area contributed by atoms with Gasteiger partial charge in [-0.15, -0.1) is 10.2 Å². The summed E-state index contributed by atoms with van der Waals surface area (Å²) >= 11 is 1.44. The van der Waals surface area contributed by atoms with Crippen LogP contribution in [0.5, 0.6) is 0 Å². The summed E-state index contributed by atoms with van der Waals surface area (Å²) in [6, 6.07) is 16.4. The van der Waals surface area contributed by atoms with E-state index < -0.39 is 0 Å². The molecule has 0 atom stereocenters. The molecule has 0 unspecified atom stereocenters. The maximum absolute atomic E-state index is 12.7. The molecule has 2 heterocycles. The van der Waals surface area contributed by atoms with Crippen molar-refractivity contribution in [2.45, 2.75) is 25.0 Å². The number of nitrogens with zero attached hydrogens (tertiary/aromatic N) is 4. The van der Waals surface area contributed by atoms with Crippen molar-refractivity contribution >= 4 is 17.7 Å². The second-order valence-electron chi connectivity index (χ2n) is 6.39. The van der Waals surface area contributed by atoms with Crippen LogP contribution in [0.1, 0.15) is 16.7 Å². The molecule has 132 valence electrons. The lowest BCUT2D eigenvalue weighted by Crippen LogP contribution is -2.37. The number of carbonyl (C=O) groups excluding carboxylic acids is 1. The Labute approximate surface area is 157 Å². The van der Waals surface area contributed by atoms with E-state index in [1.165, 1.54) is 22.9 Å². The first-order valence-electron chi connectivity index (χ1n) is 8.66. The molecule has 2 aromatic carbocycles. The monoisotopic (exact) mass is 364 g/mol. The molecular weight excluding hydrogens is 344 g/mol. The smallest absolute Gasteiger partial charge is 0.233 e. The van der Waals surface area contributed by atoms with Crippen molar-refractivity contribution in [2.75, 3.05) is 12.3 Å². The van der Waals surface area contributed by atoms with E-state index in [4.69, 9.17) is 0 Å². The fourth-order valence-electron chi connectivity index (χ4n) is 3.25. The van der Waals surface area contributed by atoms with Gasteiger partial charge in [-0.25, -0.2) is 0 Å². The van der Waals surface area contributed by atoms with Crippen molar-refractivity contribution in [3.8, 4) is 5.69 Å². The minimum Gasteiger partial charge on any atom is -0.337 e. The SMILES string of the molecule is Cc1ccccc1-n1cnnc1SCC(=O)N1CCc2ccccc2C1. The van der Waals surface area contributed by atoms with E-state index in [1.807, 2.05) is 33.7 Å². The van der Waals surface area contributed by atoms with Crippen LogP contribution in [0.4, 0.5) is 0 Å². The molecule has 1 amide bonds. The van der Waals surface area contributed by atoms with Gasteiger partial charge in [-0.05, 0) is 36.1 Å². The highest BCUT2D eigenvalue weighted by Gasteiger charge is 2.21. The topological polar surface area (TPSA) is 51.0 Å². The van der Waals surface area contributed by atoms with Crippen LogP contribution in [0.2, 0.25) is 0 Å². The van der Waals surface area contributed by atoms with Crippen LogP contribution in [0.15, 0.2) is 60.0 Å². The van der Waals surface area contributed by atoms with E-state index in [9.17, 15) is 4.79 Å². The van der Waals surface area contributed by atoms with E-state index in [0.717, 1.165) is 29.4 Å². The molecule has 1 aromatic heterocycles. The maximum Gasteiger partial charge on any atom is 0.233 e. The number of benzene rings is 2. The number of amides is 1. The van der Waals surface area contributed by atoms with Crippen molar-refractivity contribution in [1.82, 2.24) is 19.7 Å². The molecule has 0 fully saturated rings. The van der Waals surface area contributed by atoms with Crippen molar-refractivity contribution in [3.05, 3.63) is 71.5 Å². The molecule has 0 N–H and O–H groups in total. The Morgan fingerprint density at radius 2 is 1.88 bits per heavy atom. The minimum atomic E-state index is 0.142. The zero-order chi connectivity index (χ0) is 17.9. The number of hydrogen-bond acceptors (Lipinski definition) is 4. The van der Waals surface area contributed by atoms with Gasteiger partial charge in [-0.2, -0.15) is 0 Å². The summed E-state index contributed by atoms with van der Waals surface area (Å²) in [6.45, 7) is 3.53. The number of hydrogen-bond donors (Lipinski definition) is 0. The molecule has 0 radical (unpaired) electrons. The number of aromatic nitrogens is 3. The quantitative estimate of drug-likeness (QED) is 0.667. The zero-order valence-corrected chi connectivity index (χ0v) is 15.4. The standard InChI is InChI=1S/C20H20N4OS/c1-15-6-2-5-9-18(15)24-14-21-22-20(24)26-13-19(25)23-11-10-16-7-3-4-8-17(16)12-23/h2-9,14H,10-13H2,1H3. The molecule has 0 aliphatic carbocycles. The highest BCUT2D eigenvalue weighted by molar-refractivity contribution is 7.99. The van der Waals surface area contributed by atoms with Gasteiger partial charge >= 0.3 is 0 Å². The average Bonchev–Trinajstić information content (AvgIpc) is 3.14. The Balaban J connectivity index is 1.44. The lowest BCUT2D eigenvalue weighted by molar-refractivity contribution is -0.129. The van der Waals surface area contributed by atoms with Gasteiger partial charge in [-0.1, -0.05) is 54.2 Å². The summed E-state index contributed by atoms with van der Waals surface area (Å²) in [5, 5.41) is 8.96. The normalized spacial score (nSPS) is 13.5. The third-order valence-corrected chi connectivity index (χ3v) is 5.63. The van der Waals surface area contributed by atoms with Gasteiger partial charge in [0.2, 0.25) is 5.91 Å². The Morgan fingerprint density at radius 3 is 2.73 bits per heavy atom. The van der Waals surface area contributed by atoms with E-state index in [2.05, 4.69) is 41.4 Å². The highest BCUT2D eigenvalue weighted by atomic mass is 32.2. The van der Waals surface area contributed by atoms with E-state index in [-0.39, 0.29) is 5.91 Å². The van der Waals surface area contributed by atoms with Crippen LogP contribution in [-0.2, 0) is 17.8 Å². The molecule has 4 rings (SSSR count). The second kappa shape index (κ2) is 7.33. The molecule has 0 spiro atoms. The summed E-state index contributed by atoms with van der Waals surface area (Å²) in [7, 11) is 0. The van der Waals surface area contributed by atoms with E-state index >= 15 is 0 Å². The summed E-state index contributed by atoms with van der Waals surface area (Å²) in [5.74, 6) is 0.510. The molecular formula is C20H20N4OS. The Bertz CT molecular complexity index is 937. The Kier molecular flexibility index (Phi) is 4.75. The van der Waals surface area contributed by atoms with Gasteiger partial charge in [0.15, 0.2) is 5.16 Å². The van der Waals surface area contributed by atoms with Gasteiger partial charge in [0.25, 0.3) is 0 Å². The number of fused-ring (bicyclic) bond motifs is 1. The zero-order valence-electron chi connectivity index (χ0n) is 14.6. The average molecular weight is 364 g/mol. The van der Waals surface area contributed by atoms with Gasteiger partial charge < -0.3 is 4.90 Å². The Morgan fingerprint density at radius 1 is 1.12 bits per heavy atom. The second-order valence-corrected chi connectivity index (χ2v) is 7.34. The van der Waals surface area contributed by atoms with Crippen LogP contribution >= 0.6 is 11.8 Å². The number of rotatable bonds is 4. The number of para-hydroxylation sites is 1. The van der Waals surface area contributed by atoms with Crippen molar-refractivity contribution in [2.24, 2.45) is 0 Å². The molecule has 0 bridgehead atoms. The molecule has 5 nitrogen and oxygen atoms in total. The first-order chi connectivity index (χ1) is 12.7. The molecule has 0 saturated carbocycles. The number of carbonyl (C=O) groups is 1. The predicted octanol–water partition coefficient (Wildman–Crippen LogP) is 3.25. The number of aryl methyl sites for hydroxylation is 1. The fraction of sp³-hybridized carbons (Fsp3) is 0.250. The van der Waals surface area contributed by atoms with Gasteiger partial charge in [0.1, 0.15) is 6.33 Å². The van der Waals surface area contributed by atoms with Crippen LogP contribution in [0.3, 0.4) is 0 Å². The molecule has 1 aliphatic heterocycles. The fourth-order valence-corrected chi connectivity index (χ4v) is 4.07. The summed E-state index contributed by atoms with van der Waals surface area (Å²) in [5.41, 5.74) is 4.79. The third-order valence-electron chi connectivity index (χ3n) is 4.70. The molecule has 0 saturated heterocycles. The molecule has 6 heteroatoms. The van der Waals surface area contributed by atoms with E-state index in [0.29, 0.717) is 12.3 Å². The highest BCUT2D eigenvalue weighted by Crippen LogP contribution is 2.24. The summed E-state index contributed by atoms with van der Waals surface area (Å²) in [4.78, 5) is 14.6. The molecule has 3 aromatic rings. The van der Waals surface area contributed by atoms with Gasteiger partial charge in [0, 0.05) is 13.1 Å². The molecule has 1 aliphatic rings. The van der Waals surface area contributed by atoms with Gasteiger partial charge in [-0.3, -0.25) is 9.36 Å².